The zero-order chi connectivity index (χ0) is 13.9. The van der Waals surface area contributed by atoms with Crippen molar-refractivity contribution in [3.8, 4) is 0 Å². The van der Waals surface area contributed by atoms with Crippen molar-refractivity contribution >= 4 is 10.0 Å². The third kappa shape index (κ3) is 3.01. The molecule has 0 aliphatic heterocycles. The molecule has 0 amide bonds. The number of nitrogens with one attached hydrogen (secondary N) is 2. The summed E-state index contributed by atoms with van der Waals surface area (Å²) in [4.78, 5) is 0. The van der Waals surface area contributed by atoms with Crippen molar-refractivity contribution in [2.45, 2.75) is 25.1 Å². The molecule has 0 saturated heterocycles. The number of hydrogen-bond donors (Lipinski definition) is 3. The molecule has 2 rings (SSSR count). The Labute approximate surface area is 111 Å². The van der Waals surface area contributed by atoms with Gasteiger partial charge >= 0.3 is 0 Å². The molecule has 0 fully saturated rings. The third-order valence-corrected chi connectivity index (χ3v) is 4.13. The molecule has 19 heavy (non-hydrogen) atoms. The van der Waals surface area contributed by atoms with E-state index in [2.05, 4.69) is 14.9 Å². The summed E-state index contributed by atoms with van der Waals surface area (Å²) in [6.45, 7) is 1.47. The second-order valence-electron chi connectivity index (χ2n) is 4.10. The van der Waals surface area contributed by atoms with Crippen LogP contribution in [0.2, 0.25) is 0 Å². The Morgan fingerprint density at radius 3 is 2.63 bits per heavy atom. The first-order valence-electron chi connectivity index (χ1n) is 5.73. The van der Waals surface area contributed by atoms with E-state index in [9.17, 15) is 13.5 Å². The fourth-order valence-electron chi connectivity index (χ4n) is 1.68. The lowest BCUT2D eigenvalue weighted by Gasteiger charge is -2.06. The molecule has 1 aromatic heterocycles. The summed E-state index contributed by atoms with van der Waals surface area (Å²) in [7, 11) is -3.73. The van der Waals surface area contributed by atoms with Crippen molar-refractivity contribution in [3.05, 3.63) is 47.2 Å². The number of nitrogens with zero attached hydrogens (tertiary/aromatic N) is 1. The Bertz CT molecular complexity index is 650. The molecule has 2 aromatic rings. The van der Waals surface area contributed by atoms with Crippen LogP contribution in [0.1, 0.15) is 16.8 Å². The largest absolute Gasteiger partial charge is 0.392 e. The van der Waals surface area contributed by atoms with Crippen molar-refractivity contribution in [1.29, 1.82) is 0 Å². The van der Waals surface area contributed by atoms with Crippen molar-refractivity contribution in [1.82, 2.24) is 14.9 Å². The predicted molar refractivity (Wildman–Crippen MR) is 69.7 cm³/mol. The Morgan fingerprint density at radius 1 is 1.32 bits per heavy atom. The van der Waals surface area contributed by atoms with Crippen molar-refractivity contribution in [2.24, 2.45) is 0 Å². The summed E-state index contributed by atoms with van der Waals surface area (Å²) in [6, 6.07) is 9.18. The number of hydrogen-bond acceptors (Lipinski definition) is 4. The molecule has 102 valence electrons. The fraction of sp³-hybridized carbons (Fsp3) is 0.250. The van der Waals surface area contributed by atoms with Crippen LogP contribution in [-0.2, 0) is 23.2 Å². The van der Waals surface area contributed by atoms with Gasteiger partial charge in [-0.1, -0.05) is 30.3 Å². The van der Waals surface area contributed by atoms with E-state index in [4.69, 9.17) is 0 Å². The summed E-state index contributed by atoms with van der Waals surface area (Å²) < 4.78 is 26.6. The van der Waals surface area contributed by atoms with Crippen LogP contribution >= 0.6 is 0 Å². The first kappa shape index (κ1) is 13.7. The smallest absolute Gasteiger partial charge is 0.260 e. The standard InChI is InChI=1S/C12H15N3O3S/c1-9-11(8-16)12(15-14-9)19(17,18)13-7-10-5-3-2-4-6-10/h2-6,13,16H,7-8H2,1H3,(H,14,15). The number of H-pyrrole nitrogens is 1. The molecule has 0 atom stereocenters. The molecule has 0 aliphatic rings. The van der Waals surface area contributed by atoms with Gasteiger partial charge in [0.15, 0.2) is 5.03 Å². The van der Waals surface area contributed by atoms with Gasteiger partial charge in [0.2, 0.25) is 0 Å². The Hall–Kier alpha value is -1.70. The molecule has 0 spiro atoms. The molecule has 0 unspecified atom stereocenters. The summed E-state index contributed by atoms with van der Waals surface area (Å²) in [5.41, 5.74) is 1.69. The van der Waals surface area contributed by atoms with Crippen LogP contribution in [0.5, 0.6) is 0 Å². The molecular weight excluding hydrogens is 266 g/mol. The number of aliphatic hydroxyl groups excluding tert-OH is 1. The molecule has 0 bridgehead atoms. The number of aromatic nitrogens is 2. The number of aromatic amines is 1. The van der Waals surface area contributed by atoms with Crippen LogP contribution in [0.4, 0.5) is 0 Å². The van der Waals surface area contributed by atoms with Crippen LogP contribution in [-0.4, -0.2) is 23.7 Å². The first-order chi connectivity index (χ1) is 9.04. The van der Waals surface area contributed by atoms with E-state index >= 15 is 0 Å². The number of aliphatic hydroxyl groups is 1. The SMILES string of the molecule is Cc1[nH]nc(S(=O)(=O)NCc2ccccc2)c1CO. The van der Waals surface area contributed by atoms with Gasteiger partial charge in [0.05, 0.1) is 6.61 Å². The van der Waals surface area contributed by atoms with Crippen molar-refractivity contribution in [2.75, 3.05) is 0 Å². The lowest BCUT2D eigenvalue weighted by atomic mass is 10.2. The van der Waals surface area contributed by atoms with E-state index in [1.807, 2.05) is 30.3 Å². The normalized spacial score (nSPS) is 11.7. The highest BCUT2D eigenvalue weighted by molar-refractivity contribution is 7.89. The Morgan fingerprint density at radius 2 is 2.00 bits per heavy atom. The summed E-state index contributed by atoms with van der Waals surface area (Å²) in [5, 5.41) is 15.3. The fourth-order valence-corrected chi connectivity index (χ4v) is 2.88. The maximum atomic E-state index is 12.1. The first-order valence-corrected chi connectivity index (χ1v) is 7.21. The van der Waals surface area contributed by atoms with Gasteiger partial charge in [-0.2, -0.15) is 5.10 Å². The van der Waals surface area contributed by atoms with E-state index in [1.165, 1.54) is 0 Å². The summed E-state index contributed by atoms with van der Waals surface area (Å²) in [5.74, 6) is 0. The van der Waals surface area contributed by atoms with Gasteiger partial charge in [0.1, 0.15) is 0 Å². The summed E-state index contributed by atoms with van der Waals surface area (Å²) >= 11 is 0. The minimum absolute atomic E-state index is 0.150. The van der Waals surface area contributed by atoms with E-state index in [-0.39, 0.29) is 18.2 Å². The second kappa shape index (κ2) is 5.52. The highest BCUT2D eigenvalue weighted by atomic mass is 32.2. The molecule has 3 N–H and O–H groups in total. The van der Waals surface area contributed by atoms with Gasteiger partial charge in [0.25, 0.3) is 10.0 Å². The van der Waals surface area contributed by atoms with Crippen LogP contribution in [0, 0.1) is 6.92 Å². The summed E-state index contributed by atoms with van der Waals surface area (Å²) in [6.07, 6.45) is 0. The van der Waals surface area contributed by atoms with Gasteiger partial charge in [-0.25, -0.2) is 13.1 Å². The van der Waals surface area contributed by atoms with Crippen molar-refractivity contribution in [3.63, 3.8) is 0 Å². The van der Waals surface area contributed by atoms with Gasteiger partial charge in [0, 0.05) is 17.8 Å². The third-order valence-electron chi connectivity index (χ3n) is 2.76. The number of aryl methyl sites for hydroxylation is 1. The van der Waals surface area contributed by atoms with E-state index in [0.29, 0.717) is 11.3 Å². The molecular formula is C12H15N3O3S. The molecule has 7 heteroatoms. The number of rotatable bonds is 5. The molecule has 0 saturated carbocycles. The highest BCUT2D eigenvalue weighted by Gasteiger charge is 2.22. The highest BCUT2D eigenvalue weighted by Crippen LogP contribution is 2.16. The zero-order valence-corrected chi connectivity index (χ0v) is 11.2. The minimum Gasteiger partial charge on any atom is -0.392 e. The van der Waals surface area contributed by atoms with E-state index in [0.717, 1.165) is 5.56 Å². The van der Waals surface area contributed by atoms with Crippen LogP contribution in [0.15, 0.2) is 35.4 Å². The predicted octanol–water partition coefficient (Wildman–Crippen LogP) is 0.689. The van der Waals surface area contributed by atoms with Crippen LogP contribution in [0.3, 0.4) is 0 Å². The van der Waals surface area contributed by atoms with Gasteiger partial charge in [-0.15, -0.1) is 0 Å². The van der Waals surface area contributed by atoms with E-state index < -0.39 is 10.0 Å². The average molecular weight is 281 g/mol. The zero-order valence-electron chi connectivity index (χ0n) is 10.4. The van der Waals surface area contributed by atoms with Gasteiger partial charge < -0.3 is 5.11 Å². The van der Waals surface area contributed by atoms with Gasteiger partial charge in [-0.3, -0.25) is 5.10 Å². The molecule has 6 nitrogen and oxygen atoms in total. The molecule has 0 aliphatic carbocycles. The number of sulfonamides is 1. The topological polar surface area (TPSA) is 95.1 Å². The quantitative estimate of drug-likeness (QED) is 0.751. The Balaban J connectivity index is 2.19. The average Bonchev–Trinajstić information content (AvgIpc) is 2.79. The van der Waals surface area contributed by atoms with Crippen LogP contribution < -0.4 is 4.72 Å². The second-order valence-corrected chi connectivity index (χ2v) is 5.78. The molecule has 1 heterocycles. The lowest BCUT2D eigenvalue weighted by molar-refractivity contribution is 0.277. The van der Waals surface area contributed by atoms with Gasteiger partial charge in [-0.05, 0) is 12.5 Å². The van der Waals surface area contributed by atoms with Crippen molar-refractivity contribution < 1.29 is 13.5 Å². The van der Waals surface area contributed by atoms with E-state index in [1.54, 1.807) is 6.92 Å². The minimum atomic E-state index is -3.73. The Kier molecular flexibility index (Phi) is 3.98. The number of benzene rings is 1. The lowest BCUT2D eigenvalue weighted by Crippen LogP contribution is -2.24. The maximum absolute atomic E-state index is 12.1. The maximum Gasteiger partial charge on any atom is 0.260 e. The molecule has 0 radical (unpaired) electrons. The monoisotopic (exact) mass is 281 g/mol. The molecule has 1 aromatic carbocycles. The van der Waals surface area contributed by atoms with Crippen LogP contribution in [0.25, 0.3) is 0 Å².